The highest BCUT2D eigenvalue weighted by atomic mass is 35.5. The van der Waals surface area contributed by atoms with Crippen molar-refractivity contribution < 1.29 is 28.5 Å². The number of phenolic OH excluding ortho intramolecular Hbond substituents is 1. The van der Waals surface area contributed by atoms with E-state index >= 15 is 0 Å². The van der Waals surface area contributed by atoms with Crippen molar-refractivity contribution in [2.75, 3.05) is 6.79 Å². The molecular formula is C25H15ClO7. The van der Waals surface area contributed by atoms with Crippen molar-refractivity contribution in [3.8, 4) is 34.1 Å². The molecule has 0 fully saturated rings. The lowest BCUT2D eigenvalue weighted by molar-refractivity contribution is -0.135. The number of fused-ring (bicyclic) bond motifs is 4. The predicted molar refractivity (Wildman–Crippen MR) is 119 cm³/mol. The summed E-state index contributed by atoms with van der Waals surface area (Å²) in [5.41, 5.74) is 2.40. The number of halogens is 1. The summed E-state index contributed by atoms with van der Waals surface area (Å²) in [7, 11) is 0. The van der Waals surface area contributed by atoms with Crippen LogP contribution in [-0.2, 0) is 4.79 Å². The van der Waals surface area contributed by atoms with Gasteiger partial charge in [0.25, 0.3) is 0 Å². The maximum atomic E-state index is 13.3. The quantitative estimate of drug-likeness (QED) is 0.331. The van der Waals surface area contributed by atoms with E-state index in [0.717, 1.165) is 5.56 Å². The van der Waals surface area contributed by atoms with Gasteiger partial charge in [-0.1, -0.05) is 23.7 Å². The number of hydrogen-bond donors (Lipinski definition) is 1. The largest absolute Gasteiger partial charge is 0.508 e. The van der Waals surface area contributed by atoms with Crippen molar-refractivity contribution in [3.63, 3.8) is 0 Å². The average Bonchev–Trinajstić information content (AvgIpc) is 3.29. The summed E-state index contributed by atoms with van der Waals surface area (Å²) in [6, 6.07) is 13.0. The average molecular weight is 463 g/mol. The molecule has 164 valence electrons. The van der Waals surface area contributed by atoms with Gasteiger partial charge in [-0.15, -0.1) is 0 Å². The van der Waals surface area contributed by atoms with Gasteiger partial charge >= 0.3 is 5.97 Å². The lowest BCUT2D eigenvalue weighted by atomic mass is 9.85. The maximum Gasteiger partial charge on any atom is 0.312 e. The zero-order valence-corrected chi connectivity index (χ0v) is 17.7. The topological polar surface area (TPSA) is 95.2 Å². The molecule has 0 saturated carbocycles. The van der Waals surface area contributed by atoms with Gasteiger partial charge in [0.05, 0.1) is 22.4 Å². The van der Waals surface area contributed by atoms with Gasteiger partial charge < -0.3 is 23.7 Å². The molecule has 7 nitrogen and oxygen atoms in total. The smallest absolute Gasteiger partial charge is 0.312 e. The molecule has 1 aromatic heterocycles. The van der Waals surface area contributed by atoms with Crippen molar-refractivity contribution in [2.45, 2.75) is 12.3 Å². The van der Waals surface area contributed by atoms with E-state index in [2.05, 4.69) is 0 Å². The molecular weight excluding hydrogens is 448 g/mol. The van der Waals surface area contributed by atoms with Crippen LogP contribution in [0.1, 0.15) is 23.5 Å². The highest BCUT2D eigenvalue weighted by Gasteiger charge is 2.34. The third-order valence-corrected chi connectivity index (χ3v) is 6.19. The monoisotopic (exact) mass is 462 g/mol. The Labute approximate surface area is 191 Å². The molecule has 2 aliphatic heterocycles. The van der Waals surface area contributed by atoms with Gasteiger partial charge in [0, 0.05) is 11.5 Å². The van der Waals surface area contributed by atoms with E-state index < -0.39 is 11.9 Å². The molecule has 4 aromatic rings. The first kappa shape index (κ1) is 19.7. The zero-order chi connectivity index (χ0) is 22.7. The summed E-state index contributed by atoms with van der Waals surface area (Å²) in [5.74, 6) is 0.530. The van der Waals surface area contributed by atoms with Crippen LogP contribution in [0.4, 0.5) is 0 Å². The molecule has 0 saturated heterocycles. The Balaban J connectivity index is 1.55. The van der Waals surface area contributed by atoms with Crippen molar-refractivity contribution in [2.24, 2.45) is 0 Å². The molecule has 0 radical (unpaired) electrons. The summed E-state index contributed by atoms with van der Waals surface area (Å²) < 4.78 is 22.3. The number of carbonyl (C=O) groups is 1. The number of carbonyl (C=O) groups excluding carboxylic acids is 1. The van der Waals surface area contributed by atoms with E-state index in [4.69, 9.17) is 30.2 Å². The molecule has 0 bridgehead atoms. The van der Waals surface area contributed by atoms with Gasteiger partial charge in [0.15, 0.2) is 11.5 Å². The Morgan fingerprint density at radius 1 is 0.970 bits per heavy atom. The van der Waals surface area contributed by atoms with Crippen LogP contribution in [0, 0.1) is 0 Å². The van der Waals surface area contributed by atoms with Crippen molar-refractivity contribution >= 4 is 28.5 Å². The molecule has 1 atom stereocenters. The molecule has 1 N–H and O–H groups in total. The minimum Gasteiger partial charge on any atom is -0.508 e. The second-order valence-electron chi connectivity index (χ2n) is 7.85. The molecule has 33 heavy (non-hydrogen) atoms. The number of phenols is 1. The van der Waals surface area contributed by atoms with Crippen LogP contribution in [0.2, 0.25) is 5.02 Å². The predicted octanol–water partition coefficient (Wildman–Crippen LogP) is 4.99. The fraction of sp³-hybridized carbons (Fsp3) is 0.120. The van der Waals surface area contributed by atoms with E-state index in [9.17, 15) is 14.7 Å². The summed E-state index contributed by atoms with van der Waals surface area (Å²) in [6.45, 7) is 0.0691. The molecule has 8 heteroatoms. The van der Waals surface area contributed by atoms with Crippen LogP contribution in [0.5, 0.6) is 23.0 Å². The molecule has 0 spiro atoms. The highest BCUT2D eigenvalue weighted by molar-refractivity contribution is 6.32. The van der Waals surface area contributed by atoms with Crippen LogP contribution < -0.4 is 19.6 Å². The van der Waals surface area contributed by atoms with Crippen LogP contribution in [0.25, 0.3) is 22.1 Å². The molecule has 6 rings (SSSR count). The summed E-state index contributed by atoms with van der Waals surface area (Å²) in [4.78, 5) is 25.7. The van der Waals surface area contributed by atoms with Gasteiger partial charge in [0.2, 0.25) is 12.2 Å². The number of ether oxygens (including phenoxy) is 3. The van der Waals surface area contributed by atoms with E-state index in [-0.39, 0.29) is 24.4 Å². The Hall–Kier alpha value is -3.97. The number of aromatic hydroxyl groups is 1. The first-order valence-corrected chi connectivity index (χ1v) is 10.5. The number of esters is 1. The van der Waals surface area contributed by atoms with Crippen LogP contribution in [0.3, 0.4) is 0 Å². The van der Waals surface area contributed by atoms with E-state index in [0.29, 0.717) is 49.9 Å². The van der Waals surface area contributed by atoms with Gasteiger partial charge in [-0.3, -0.25) is 9.59 Å². The Bertz CT molecular complexity index is 1500. The van der Waals surface area contributed by atoms with Gasteiger partial charge in [0.1, 0.15) is 23.3 Å². The Kier molecular flexibility index (Phi) is 4.35. The first-order chi connectivity index (χ1) is 16.0. The molecule has 0 aliphatic carbocycles. The summed E-state index contributed by atoms with van der Waals surface area (Å²) in [6.07, 6.45) is 1.43. The number of rotatable bonds is 2. The Morgan fingerprint density at radius 2 is 1.79 bits per heavy atom. The van der Waals surface area contributed by atoms with Crippen molar-refractivity contribution in [1.29, 1.82) is 0 Å². The van der Waals surface area contributed by atoms with Crippen molar-refractivity contribution in [3.05, 3.63) is 81.2 Å². The van der Waals surface area contributed by atoms with E-state index in [1.165, 1.54) is 18.4 Å². The minimum atomic E-state index is -0.459. The molecule has 3 heterocycles. The Morgan fingerprint density at radius 3 is 2.61 bits per heavy atom. The first-order valence-electron chi connectivity index (χ1n) is 10.2. The molecule has 0 amide bonds. The lowest BCUT2D eigenvalue weighted by Crippen LogP contribution is -2.22. The highest BCUT2D eigenvalue weighted by Crippen LogP contribution is 2.47. The molecule has 2 aliphatic rings. The van der Waals surface area contributed by atoms with E-state index in [1.807, 2.05) is 0 Å². The van der Waals surface area contributed by atoms with Crippen LogP contribution in [-0.4, -0.2) is 17.9 Å². The van der Waals surface area contributed by atoms with Crippen LogP contribution >= 0.6 is 11.6 Å². The van der Waals surface area contributed by atoms with Gasteiger partial charge in [-0.05, 0) is 47.5 Å². The third-order valence-electron chi connectivity index (χ3n) is 5.91. The fourth-order valence-corrected chi connectivity index (χ4v) is 4.64. The normalized spacial score (nSPS) is 16.5. The fourth-order valence-electron chi connectivity index (χ4n) is 4.37. The summed E-state index contributed by atoms with van der Waals surface area (Å²) >= 11 is 6.39. The molecule has 3 aromatic carbocycles. The second-order valence-corrected chi connectivity index (χ2v) is 8.25. The standard InChI is InChI=1S/C25H15ClO7/c26-18-7-13(8-20-25(18)32-11-31-20)16-9-21(28)33-19-6-5-15-23(29)17(10-30-24(15)22(16)19)12-1-3-14(27)4-2-12/h1-8,10,16,27H,9,11H2/t16-/m0/s1. The van der Waals surface area contributed by atoms with Crippen molar-refractivity contribution in [1.82, 2.24) is 0 Å². The zero-order valence-electron chi connectivity index (χ0n) is 17.0. The van der Waals surface area contributed by atoms with Crippen LogP contribution in [0.15, 0.2) is 64.0 Å². The SMILES string of the molecule is O=C1C[C@@H](c2cc(Cl)c3c(c2)OCO3)c2c(ccc3c(=O)c(-c4ccc(O)cc4)coc23)O1. The van der Waals surface area contributed by atoms with E-state index in [1.54, 1.807) is 36.4 Å². The molecule has 0 unspecified atom stereocenters. The van der Waals surface area contributed by atoms with Gasteiger partial charge in [-0.25, -0.2) is 0 Å². The second kappa shape index (κ2) is 7.28. The lowest BCUT2D eigenvalue weighted by Gasteiger charge is -2.26. The number of hydrogen-bond acceptors (Lipinski definition) is 7. The number of benzene rings is 3. The maximum absolute atomic E-state index is 13.3. The third kappa shape index (κ3) is 3.12. The van der Waals surface area contributed by atoms with Gasteiger partial charge in [-0.2, -0.15) is 0 Å². The summed E-state index contributed by atoms with van der Waals surface area (Å²) in [5, 5.41) is 10.3. The minimum absolute atomic E-state index is 0.0471.